The standard InChI is InChI=1S/C13H10F2N4/c14-9-4-10-8(5-17-13(10)18-6-9)3-7-1-2-11(16)19-12(7)15/h1-2,4-6H,3H2,(H2,16,19)(H,17,18). The number of aromatic nitrogens is 3. The van der Waals surface area contributed by atoms with Gasteiger partial charge in [0.1, 0.15) is 17.3 Å². The predicted molar refractivity (Wildman–Crippen MR) is 67.5 cm³/mol. The maximum atomic E-state index is 13.6. The summed E-state index contributed by atoms with van der Waals surface area (Å²) >= 11 is 0. The molecular weight excluding hydrogens is 250 g/mol. The van der Waals surface area contributed by atoms with Gasteiger partial charge in [-0.25, -0.2) is 14.4 Å². The van der Waals surface area contributed by atoms with Crippen LogP contribution < -0.4 is 5.73 Å². The summed E-state index contributed by atoms with van der Waals surface area (Å²) in [6.45, 7) is 0. The highest BCUT2D eigenvalue weighted by Gasteiger charge is 2.10. The highest BCUT2D eigenvalue weighted by Crippen LogP contribution is 2.21. The zero-order valence-corrected chi connectivity index (χ0v) is 9.82. The van der Waals surface area contributed by atoms with Crippen LogP contribution in [0.1, 0.15) is 11.1 Å². The Hall–Kier alpha value is -2.50. The molecule has 3 aromatic rings. The van der Waals surface area contributed by atoms with Gasteiger partial charge in [-0.3, -0.25) is 0 Å². The molecule has 0 aliphatic heterocycles. The predicted octanol–water partition coefficient (Wildman–Crippen LogP) is 2.41. The van der Waals surface area contributed by atoms with E-state index in [4.69, 9.17) is 5.73 Å². The maximum Gasteiger partial charge on any atom is 0.218 e. The third-order valence-corrected chi connectivity index (χ3v) is 2.91. The summed E-state index contributed by atoms with van der Waals surface area (Å²) in [5, 5.41) is 0.635. The van der Waals surface area contributed by atoms with Gasteiger partial charge in [0.05, 0.1) is 6.20 Å². The third-order valence-electron chi connectivity index (χ3n) is 2.91. The van der Waals surface area contributed by atoms with E-state index in [1.807, 2.05) is 0 Å². The summed E-state index contributed by atoms with van der Waals surface area (Å²) in [4.78, 5) is 10.4. The van der Waals surface area contributed by atoms with Gasteiger partial charge >= 0.3 is 0 Å². The summed E-state index contributed by atoms with van der Waals surface area (Å²) in [5.41, 5.74) is 7.12. The Balaban J connectivity index is 2.03. The molecule has 3 rings (SSSR count). The lowest BCUT2D eigenvalue weighted by atomic mass is 10.1. The first-order chi connectivity index (χ1) is 9.13. The Morgan fingerprint density at radius 1 is 1.21 bits per heavy atom. The molecule has 0 aliphatic carbocycles. The van der Waals surface area contributed by atoms with Crippen LogP contribution in [-0.2, 0) is 6.42 Å². The van der Waals surface area contributed by atoms with E-state index in [9.17, 15) is 8.78 Å². The molecule has 0 radical (unpaired) electrons. The Morgan fingerprint density at radius 2 is 2.05 bits per heavy atom. The fourth-order valence-corrected chi connectivity index (χ4v) is 1.99. The molecule has 3 aromatic heterocycles. The molecule has 3 N–H and O–H groups in total. The van der Waals surface area contributed by atoms with Crippen molar-refractivity contribution in [3.05, 3.63) is 53.5 Å². The second-order valence-corrected chi connectivity index (χ2v) is 4.23. The van der Waals surface area contributed by atoms with Crippen LogP contribution in [0.4, 0.5) is 14.6 Å². The lowest BCUT2D eigenvalue weighted by Crippen LogP contribution is -1.99. The summed E-state index contributed by atoms with van der Waals surface area (Å²) in [5.74, 6) is -0.907. The van der Waals surface area contributed by atoms with Crippen LogP contribution in [0.2, 0.25) is 0 Å². The van der Waals surface area contributed by atoms with Gasteiger partial charge in [-0.15, -0.1) is 0 Å². The van der Waals surface area contributed by atoms with E-state index in [0.29, 0.717) is 23.0 Å². The van der Waals surface area contributed by atoms with Crippen molar-refractivity contribution in [3.8, 4) is 0 Å². The number of nitrogens with zero attached hydrogens (tertiary/aromatic N) is 2. The largest absolute Gasteiger partial charge is 0.384 e. The van der Waals surface area contributed by atoms with Crippen molar-refractivity contribution in [2.45, 2.75) is 6.42 Å². The van der Waals surface area contributed by atoms with E-state index in [1.54, 1.807) is 12.3 Å². The molecule has 19 heavy (non-hydrogen) atoms. The van der Waals surface area contributed by atoms with E-state index in [-0.39, 0.29) is 5.82 Å². The molecule has 0 bridgehead atoms. The molecule has 0 fully saturated rings. The normalized spacial score (nSPS) is 11.1. The fraction of sp³-hybridized carbons (Fsp3) is 0.0769. The van der Waals surface area contributed by atoms with Gasteiger partial charge in [0.15, 0.2) is 0 Å². The van der Waals surface area contributed by atoms with Crippen LogP contribution in [-0.4, -0.2) is 15.0 Å². The monoisotopic (exact) mass is 260 g/mol. The van der Waals surface area contributed by atoms with E-state index < -0.39 is 11.8 Å². The number of nitrogens with one attached hydrogen (secondary N) is 1. The number of pyridine rings is 2. The topological polar surface area (TPSA) is 67.6 Å². The molecule has 0 atom stereocenters. The molecule has 6 heteroatoms. The second kappa shape index (κ2) is 4.31. The molecule has 0 amide bonds. The van der Waals surface area contributed by atoms with Crippen molar-refractivity contribution in [1.82, 2.24) is 15.0 Å². The van der Waals surface area contributed by atoms with Gasteiger partial charge in [0, 0.05) is 23.6 Å². The van der Waals surface area contributed by atoms with Gasteiger partial charge in [0.25, 0.3) is 0 Å². The Morgan fingerprint density at radius 3 is 2.84 bits per heavy atom. The number of halogens is 2. The number of hydrogen-bond donors (Lipinski definition) is 2. The molecule has 0 unspecified atom stereocenters. The highest BCUT2D eigenvalue weighted by atomic mass is 19.1. The first kappa shape index (κ1) is 11.6. The number of rotatable bonds is 2. The van der Waals surface area contributed by atoms with Crippen molar-refractivity contribution in [3.63, 3.8) is 0 Å². The smallest absolute Gasteiger partial charge is 0.218 e. The van der Waals surface area contributed by atoms with Crippen molar-refractivity contribution >= 4 is 16.9 Å². The maximum absolute atomic E-state index is 13.6. The quantitative estimate of drug-likeness (QED) is 0.695. The summed E-state index contributed by atoms with van der Waals surface area (Å²) in [7, 11) is 0. The number of aromatic amines is 1. The number of anilines is 1. The van der Waals surface area contributed by atoms with E-state index >= 15 is 0 Å². The van der Waals surface area contributed by atoms with Crippen LogP contribution in [0.25, 0.3) is 11.0 Å². The first-order valence-electron chi connectivity index (χ1n) is 5.66. The molecule has 4 nitrogen and oxygen atoms in total. The second-order valence-electron chi connectivity index (χ2n) is 4.23. The zero-order chi connectivity index (χ0) is 13.4. The van der Waals surface area contributed by atoms with Crippen molar-refractivity contribution in [2.75, 3.05) is 5.73 Å². The van der Waals surface area contributed by atoms with Gasteiger partial charge in [-0.2, -0.15) is 4.39 Å². The van der Waals surface area contributed by atoms with Crippen LogP contribution in [0.5, 0.6) is 0 Å². The molecule has 3 heterocycles. The van der Waals surface area contributed by atoms with Gasteiger partial charge < -0.3 is 10.7 Å². The van der Waals surface area contributed by atoms with Crippen molar-refractivity contribution in [1.29, 1.82) is 0 Å². The Kier molecular flexibility index (Phi) is 2.63. The van der Waals surface area contributed by atoms with E-state index in [2.05, 4.69) is 15.0 Å². The van der Waals surface area contributed by atoms with E-state index in [0.717, 1.165) is 11.8 Å². The summed E-state index contributed by atoms with van der Waals surface area (Å²) in [6.07, 6.45) is 3.12. The number of hydrogen-bond acceptors (Lipinski definition) is 3. The lowest BCUT2D eigenvalue weighted by molar-refractivity contribution is 0.572. The molecule has 0 aliphatic rings. The number of nitrogens with two attached hydrogens (primary N) is 1. The average molecular weight is 260 g/mol. The van der Waals surface area contributed by atoms with Gasteiger partial charge in [0.2, 0.25) is 5.95 Å². The number of H-pyrrole nitrogens is 1. The lowest BCUT2D eigenvalue weighted by Gasteiger charge is -2.02. The van der Waals surface area contributed by atoms with Crippen molar-refractivity contribution in [2.24, 2.45) is 0 Å². The zero-order valence-electron chi connectivity index (χ0n) is 9.82. The number of nitrogen functional groups attached to an aromatic ring is 1. The van der Waals surface area contributed by atoms with Crippen LogP contribution >= 0.6 is 0 Å². The minimum Gasteiger partial charge on any atom is -0.384 e. The minimum atomic E-state index is -0.612. The summed E-state index contributed by atoms with van der Waals surface area (Å²) in [6, 6.07) is 4.48. The highest BCUT2D eigenvalue weighted by molar-refractivity contribution is 5.80. The van der Waals surface area contributed by atoms with Crippen LogP contribution in [0.15, 0.2) is 30.6 Å². The van der Waals surface area contributed by atoms with E-state index in [1.165, 1.54) is 12.1 Å². The minimum absolute atomic E-state index is 0.132. The van der Waals surface area contributed by atoms with Gasteiger partial charge in [-0.05, 0) is 17.7 Å². The third kappa shape index (κ3) is 2.12. The van der Waals surface area contributed by atoms with Crippen molar-refractivity contribution < 1.29 is 8.78 Å². The van der Waals surface area contributed by atoms with Gasteiger partial charge in [-0.1, -0.05) is 6.07 Å². The first-order valence-corrected chi connectivity index (χ1v) is 5.66. The van der Waals surface area contributed by atoms with Crippen LogP contribution in [0.3, 0.4) is 0 Å². The summed E-state index contributed by atoms with van der Waals surface area (Å²) < 4.78 is 26.8. The van der Waals surface area contributed by atoms with Crippen LogP contribution in [0, 0.1) is 11.8 Å². The SMILES string of the molecule is Nc1ccc(Cc2c[nH]c3ncc(F)cc23)c(F)n1. The Labute approximate surface area is 107 Å². The molecule has 0 saturated carbocycles. The molecular formula is C13H10F2N4. The fourth-order valence-electron chi connectivity index (χ4n) is 1.99. The molecule has 0 spiro atoms. The molecule has 0 saturated heterocycles. The average Bonchev–Trinajstić information content (AvgIpc) is 2.75. The Bertz CT molecular complexity index is 751. The molecule has 96 valence electrons. The number of fused-ring (bicyclic) bond motifs is 1. The molecule has 0 aromatic carbocycles.